The highest BCUT2D eigenvalue weighted by Gasteiger charge is 2.11. The molecule has 0 aliphatic carbocycles. The molecule has 1 N–H and O–H groups in total. The number of phenols is 1. The van der Waals surface area contributed by atoms with Crippen molar-refractivity contribution in [3.63, 3.8) is 0 Å². The zero-order chi connectivity index (χ0) is 14.7. The number of nitro benzene ring substituents is 1. The molecule has 0 saturated carbocycles. The minimum absolute atomic E-state index is 0.0599. The molecule has 102 valence electrons. The van der Waals surface area contributed by atoms with Crippen LogP contribution < -0.4 is 0 Å². The third kappa shape index (κ3) is 3.13. The summed E-state index contributed by atoms with van der Waals surface area (Å²) in [5.74, 6) is 0.0599. The molecular weight excluding hydrogens is 280 g/mol. The molecule has 5 nitrogen and oxygen atoms in total. The molecule has 0 heterocycles. The number of aryl methyl sites for hydroxylation is 1. The number of aliphatic imine (C=N–C) groups is 1. The quantitative estimate of drug-likeness (QED) is 0.527. The molecule has 0 aliphatic rings. The Morgan fingerprint density at radius 1 is 1.30 bits per heavy atom. The van der Waals surface area contributed by atoms with Gasteiger partial charge in [0.2, 0.25) is 0 Å². The van der Waals surface area contributed by atoms with E-state index in [1.54, 1.807) is 18.2 Å². The predicted octanol–water partition coefficient (Wildman–Crippen LogP) is 4.01. The molecule has 20 heavy (non-hydrogen) atoms. The topological polar surface area (TPSA) is 75.7 Å². The molecule has 2 rings (SSSR count). The minimum atomic E-state index is -0.553. The lowest BCUT2D eigenvalue weighted by Gasteiger charge is -2.00. The Hall–Kier alpha value is -2.40. The van der Waals surface area contributed by atoms with Gasteiger partial charge in [-0.1, -0.05) is 23.7 Å². The molecule has 0 atom stereocenters. The average molecular weight is 291 g/mol. The fourth-order valence-electron chi connectivity index (χ4n) is 1.64. The number of benzene rings is 2. The molecule has 0 spiro atoms. The van der Waals surface area contributed by atoms with Crippen LogP contribution in [0.5, 0.6) is 5.75 Å². The molecule has 0 fully saturated rings. The van der Waals surface area contributed by atoms with Gasteiger partial charge in [-0.25, -0.2) is 0 Å². The van der Waals surface area contributed by atoms with Crippen molar-refractivity contribution in [2.45, 2.75) is 6.92 Å². The van der Waals surface area contributed by atoms with Crippen molar-refractivity contribution in [3.05, 3.63) is 62.7 Å². The summed E-state index contributed by atoms with van der Waals surface area (Å²) in [6.07, 6.45) is 1.44. The van der Waals surface area contributed by atoms with E-state index >= 15 is 0 Å². The van der Waals surface area contributed by atoms with E-state index in [-0.39, 0.29) is 16.5 Å². The van der Waals surface area contributed by atoms with Gasteiger partial charge < -0.3 is 5.11 Å². The van der Waals surface area contributed by atoms with E-state index in [4.69, 9.17) is 11.6 Å². The summed E-state index contributed by atoms with van der Waals surface area (Å²) in [4.78, 5) is 14.3. The van der Waals surface area contributed by atoms with Crippen molar-refractivity contribution >= 4 is 29.2 Å². The van der Waals surface area contributed by atoms with Gasteiger partial charge in [-0.2, -0.15) is 0 Å². The standard InChI is InChI=1S/C14H11ClN2O3/c1-9-2-5-12(14(18)6-9)16-8-10-3-4-11(15)13(7-10)17(19)20/h2-8,18H,1H3. The van der Waals surface area contributed by atoms with E-state index in [1.807, 2.05) is 13.0 Å². The number of hydrogen-bond donors (Lipinski definition) is 1. The number of aromatic hydroxyl groups is 1. The molecule has 0 unspecified atom stereocenters. The number of rotatable bonds is 3. The first kappa shape index (κ1) is 14.0. The SMILES string of the molecule is Cc1ccc(N=Cc2ccc(Cl)c([N+](=O)[O-])c2)c(O)c1. The van der Waals surface area contributed by atoms with Crippen molar-refractivity contribution < 1.29 is 10.0 Å². The summed E-state index contributed by atoms with van der Waals surface area (Å²) in [6.45, 7) is 1.86. The Bertz CT molecular complexity index is 699. The lowest BCUT2D eigenvalue weighted by atomic mass is 10.2. The zero-order valence-electron chi connectivity index (χ0n) is 10.6. The predicted molar refractivity (Wildman–Crippen MR) is 78.2 cm³/mol. The van der Waals surface area contributed by atoms with Gasteiger partial charge >= 0.3 is 0 Å². The van der Waals surface area contributed by atoms with Crippen molar-refractivity contribution in [3.8, 4) is 5.75 Å². The first-order valence-electron chi connectivity index (χ1n) is 5.75. The van der Waals surface area contributed by atoms with E-state index in [1.165, 1.54) is 18.3 Å². The summed E-state index contributed by atoms with van der Waals surface area (Å²) in [6, 6.07) is 9.47. The third-order valence-corrected chi connectivity index (χ3v) is 2.97. The first-order chi connectivity index (χ1) is 9.47. The lowest BCUT2D eigenvalue weighted by molar-refractivity contribution is -0.384. The molecule has 0 amide bonds. The van der Waals surface area contributed by atoms with Gasteiger partial charge in [0.05, 0.1) is 4.92 Å². The van der Waals surface area contributed by atoms with Crippen molar-refractivity contribution in [2.75, 3.05) is 0 Å². The maximum Gasteiger partial charge on any atom is 0.288 e. The highest BCUT2D eigenvalue weighted by molar-refractivity contribution is 6.32. The Labute approximate surface area is 120 Å². The maximum absolute atomic E-state index is 10.8. The van der Waals surface area contributed by atoms with Crippen molar-refractivity contribution in [1.29, 1.82) is 0 Å². The van der Waals surface area contributed by atoms with Gasteiger partial charge in [0.15, 0.2) is 0 Å². The first-order valence-corrected chi connectivity index (χ1v) is 6.13. The monoisotopic (exact) mass is 290 g/mol. The molecule has 0 saturated heterocycles. The molecular formula is C14H11ClN2O3. The van der Waals surface area contributed by atoms with Gasteiger partial charge in [0, 0.05) is 12.3 Å². The van der Waals surface area contributed by atoms with Gasteiger partial charge in [0.25, 0.3) is 5.69 Å². The van der Waals surface area contributed by atoms with Crippen LogP contribution in [0.4, 0.5) is 11.4 Å². The third-order valence-electron chi connectivity index (χ3n) is 2.65. The van der Waals surface area contributed by atoms with Crippen LogP contribution in [0, 0.1) is 17.0 Å². The van der Waals surface area contributed by atoms with E-state index in [9.17, 15) is 15.2 Å². The summed E-state index contributed by atoms with van der Waals surface area (Å²) in [5, 5.41) is 20.6. The van der Waals surface area contributed by atoms with Crippen LogP contribution in [0.2, 0.25) is 5.02 Å². The number of nitro groups is 1. The Kier molecular flexibility index (Phi) is 4.00. The molecule has 2 aromatic carbocycles. The molecule has 6 heteroatoms. The highest BCUT2D eigenvalue weighted by Crippen LogP contribution is 2.28. The van der Waals surface area contributed by atoms with Crippen LogP contribution in [-0.2, 0) is 0 Å². The number of phenolic OH excluding ortho intramolecular Hbond substituents is 1. The second kappa shape index (κ2) is 5.71. The molecule has 0 radical (unpaired) electrons. The smallest absolute Gasteiger partial charge is 0.288 e. The fraction of sp³-hybridized carbons (Fsp3) is 0.0714. The zero-order valence-corrected chi connectivity index (χ0v) is 11.3. The normalized spacial score (nSPS) is 10.9. The molecule has 0 bridgehead atoms. The fourth-order valence-corrected chi connectivity index (χ4v) is 1.82. The minimum Gasteiger partial charge on any atom is -0.506 e. The molecule has 0 aliphatic heterocycles. The summed E-state index contributed by atoms with van der Waals surface area (Å²) < 4.78 is 0. The van der Waals surface area contributed by atoms with Gasteiger partial charge in [-0.3, -0.25) is 15.1 Å². The largest absolute Gasteiger partial charge is 0.506 e. The van der Waals surface area contributed by atoms with Crippen LogP contribution in [0.15, 0.2) is 41.4 Å². The van der Waals surface area contributed by atoms with Gasteiger partial charge in [0.1, 0.15) is 16.5 Å². The highest BCUT2D eigenvalue weighted by atomic mass is 35.5. The van der Waals surface area contributed by atoms with Crippen LogP contribution in [0.3, 0.4) is 0 Å². The molecule has 0 aromatic heterocycles. The van der Waals surface area contributed by atoms with Crippen molar-refractivity contribution in [2.24, 2.45) is 4.99 Å². The van der Waals surface area contributed by atoms with E-state index in [0.717, 1.165) is 5.56 Å². The van der Waals surface area contributed by atoms with Crippen LogP contribution in [0.25, 0.3) is 0 Å². The van der Waals surface area contributed by atoms with Crippen LogP contribution >= 0.6 is 11.6 Å². The summed E-state index contributed by atoms with van der Waals surface area (Å²) in [7, 11) is 0. The van der Waals surface area contributed by atoms with Gasteiger partial charge in [-0.05, 0) is 36.2 Å². The summed E-state index contributed by atoms with van der Waals surface area (Å²) in [5.41, 5.74) is 1.67. The Morgan fingerprint density at radius 2 is 2.05 bits per heavy atom. The van der Waals surface area contributed by atoms with Crippen molar-refractivity contribution in [1.82, 2.24) is 0 Å². The second-order valence-corrected chi connectivity index (χ2v) is 4.63. The number of hydrogen-bond acceptors (Lipinski definition) is 4. The van der Waals surface area contributed by atoms with E-state index in [2.05, 4.69) is 4.99 Å². The van der Waals surface area contributed by atoms with Gasteiger partial charge in [-0.15, -0.1) is 0 Å². The molecule has 2 aromatic rings. The average Bonchev–Trinajstić information content (AvgIpc) is 2.39. The Balaban J connectivity index is 2.32. The summed E-state index contributed by atoms with van der Waals surface area (Å²) >= 11 is 5.72. The lowest BCUT2D eigenvalue weighted by Crippen LogP contribution is -1.91. The van der Waals surface area contributed by atoms with E-state index < -0.39 is 4.92 Å². The second-order valence-electron chi connectivity index (χ2n) is 4.22. The van der Waals surface area contributed by atoms with Crippen LogP contribution in [-0.4, -0.2) is 16.2 Å². The van der Waals surface area contributed by atoms with E-state index in [0.29, 0.717) is 11.3 Å². The maximum atomic E-state index is 10.8. The van der Waals surface area contributed by atoms with Crippen LogP contribution in [0.1, 0.15) is 11.1 Å². The number of halogens is 1. The Morgan fingerprint density at radius 3 is 2.70 bits per heavy atom. The number of nitrogens with zero attached hydrogens (tertiary/aromatic N) is 2.